The highest BCUT2D eigenvalue weighted by molar-refractivity contribution is 7.89. The van der Waals surface area contributed by atoms with E-state index in [1.807, 2.05) is 0 Å². The van der Waals surface area contributed by atoms with Crippen molar-refractivity contribution in [3.63, 3.8) is 0 Å². The molecule has 1 aliphatic heterocycles. The van der Waals surface area contributed by atoms with Crippen molar-refractivity contribution in [1.82, 2.24) is 10.6 Å². The molecule has 1 saturated heterocycles. The van der Waals surface area contributed by atoms with Crippen LogP contribution in [0.2, 0.25) is 0 Å². The number of hydrogen-bond acceptors (Lipinski definition) is 5. The van der Waals surface area contributed by atoms with Gasteiger partial charge in [0, 0.05) is 12.6 Å². The molecule has 116 valence electrons. The van der Waals surface area contributed by atoms with Gasteiger partial charge in [-0.2, -0.15) is 0 Å². The van der Waals surface area contributed by atoms with Gasteiger partial charge in [-0.1, -0.05) is 12.1 Å². The van der Waals surface area contributed by atoms with Crippen molar-refractivity contribution in [3.8, 4) is 0 Å². The summed E-state index contributed by atoms with van der Waals surface area (Å²) in [4.78, 5) is 12.1. The fraction of sp³-hybridized carbons (Fsp3) is 0.462. The fourth-order valence-electron chi connectivity index (χ4n) is 2.21. The van der Waals surface area contributed by atoms with Crippen molar-refractivity contribution < 1.29 is 17.9 Å². The molecule has 0 aliphatic carbocycles. The number of nitrogens with two attached hydrogens (primary N) is 1. The predicted octanol–water partition coefficient (Wildman–Crippen LogP) is -0.815. The topological polar surface area (TPSA) is 111 Å². The summed E-state index contributed by atoms with van der Waals surface area (Å²) < 4.78 is 27.6. The van der Waals surface area contributed by atoms with E-state index in [1.165, 1.54) is 12.1 Å². The summed E-state index contributed by atoms with van der Waals surface area (Å²) in [5.74, 6) is -0.291. The third-order valence-corrected chi connectivity index (χ3v) is 4.44. The Morgan fingerprint density at radius 2 is 2.00 bits per heavy atom. The molecule has 2 unspecified atom stereocenters. The van der Waals surface area contributed by atoms with E-state index in [0.29, 0.717) is 19.8 Å². The molecule has 4 N–H and O–H groups in total. The predicted molar refractivity (Wildman–Crippen MR) is 76.8 cm³/mol. The molecule has 1 heterocycles. The monoisotopic (exact) mass is 313 g/mol. The SMILES string of the molecule is CNC1COCC1C(=O)NCc1ccc(S(N)(=O)=O)cc1. The van der Waals surface area contributed by atoms with Crippen LogP contribution in [0, 0.1) is 5.92 Å². The molecule has 1 aromatic rings. The van der Waals surface area contributed by atoms with Gasteiger partial charge in [0.25, 0.3) is 0 Å². The van der Waals surface area contributed by atoms with Gasteiger partial charge in [-0.05, 0) is 24.7 Å². The number of nitrogens with one attached hydrogen (secondary N) is 2. The maximum absolute atomic E-state index is 12.1. The van der Waals surface area contributed by atoms with Crippen LogP contribution in [0.5, 0.6) is 0 Å². The Bertz CT molecular complexity index is 600. The first-order valence-corrected chi connectivity index (χ1v) is 8.11. The third-order valence-electron chi connectivity index (χ3n) is 3.51. The lowest BCUT2D eigenvalue weighted by Crippen LogP contribution is -2.42. The van der Waals surface area contributed by atoms with Crippen LogP contribution in [-0.2, 0) is 26.1 Å². The van der Waals surface area contributed by atoms with E-state index >= 15 is 0 Å². The number of hydrogen-bond donors (Lipinski definition) is 3. The fourth-order valence-corrected chi connectivity index (χ4v) is 2.73. The standard InChI is InChI=1S/C13H19N3O4S/c1-15-12-8-20-7-11(12)13(17)16-6-9-2-4-10(5-3-9)21(14,18)19/h2-5,11-12,15H,6-8H2,1H3,(H,16,17)(H2,14,18,19). The molecular weight excluding hydrogens is 294 g/mol. The Balaban J connectivity index is 1.92. The minimum atomic E-state index is -3.69. The smallest absolute Gasteiger partial charge is 0.238 e. The van der Waals surface area contributed by atoms with Gasteiger partial charge < -0.3 is 15.4 Å². The van der Waals surface area contributed by atoms with Crippen LogP contribution in [0.4, 0.5) is 0 Å². The average Bonchev–Trinajstić information content (AvgIpc) is 2.92. The molecule has 7 nitrogen and oxygen atoms in total. The molecule has 0 spiro atoms. The summed E-state index contributed by atoms with van der Waals surface area (Å²) in [5, 5.41) is 10.9. The van der Waals surface area contributed by atoms with Gasteiger partial charge in [-0.3, -0.25) is 4.79 Å². The van der Waals surface area contributed by atoms with Crippen LogP contribution >= 0.6 is 0 Å². The van der Waals surface area contributed by atoms with Crippen LogP contribution in [0.1, 0.15) is 5.56 Å². The summed E-state index contributed by atoms with van der Waals surface area (Å²) in [6, 6.07) is 6.12. The van der Waals surface area contributed by atoms with Crippen LogP contribution in [0.15, 0.2) is 29.2 Å². The van der Waals surface area contributed by atoms with Crippen molar-refractivity contribution >= 4 is 15.9 Å². The van der Waals surface area contributed by atoms with Crippen LogP contribution < -0.4 is 15.8 Å². The molecular formula is C13H19N3O4S. The number of amides is 1. The number of likely N-dealkylation sites (N-methyl/N-ethyl adjacent to an activating group) is 1. The van der Waals surface area contributed by atoms with Crippen LogP contribution in [-0.4, -0.2) is 40.6 Å². The van der Waals surface area contributed by atoms with Gasteiger partial charge in [0.1, 0.15) is 0 Å². The summed E-state index contributed by atoms with van der Waals surface area (Å²) in [6.45, 7) is 1.26. The molecule has 0 saturated carbocycles. The Hall–Kier alpha value is -1.48. The Morgan fingerprint density at radius 3 is 2.57 bits per heavy atom. The first-order chi connectivity index (χ1) is 9.91. The van der Waals surface area contributed by atoms with Gasteiger partial charge in [0.2, 0.25) is 15.9 Å². The number of primary sulfonamides is 1. The molecule has 2 atom stereocenters. The Morgan fingerprint density at radius 1 is 1.33 bits per heavy atom. The molecule has 21 heavy (non-hydrogen) atoms. The van der Waals surface area contributed by atoms with Crippen molar-refractivity contribution in [3.05, 3.63) is 29.8 Å². The number of benzene rings is 1. The highest BCUT2D eigenvalue weighted by Crippen LogP contribution is 2.14. The lowest BCUT2D eigenvalue weighted by atomic mass is 10.0. The zero-order chi connectivity index (χ0) is 15.5. The van der Waals surface area contributed by atoms with Gasteiger partial charge in [-0.15, -0.1) is 0 Å². The second kappa shape index (κ2) is 6.52. The second-order valence-electron chi connectivity index (χ2n) is 4.95. The summed E-state index contributed by atoms with van der Waals surface area (Å²) in [6.07, 6.45) is 0. The quantitative estimate of drug-likeness (QED) is 0.658. The number of ether oxygens (including phenoxy) is 1. The maximum Gasteiger partial charge on any atom is 0.238 e. The number of carbonyl (C=O) groups is 1. The lowest BCUT2D eigenvalue weighted by molar-refractivity contribution is -0.125. The van der Waals surface area contributed by atoms with Gasteiger partial charge >= 0.3 is 0 Å². The van der Waals surface area contributed by atoms with E-state index in [1.54, 1.807) is 19.2 Å². The molecule has 1 fully saturated rings. The molecule has 8 heteroatoms. The largest absolute Gasteiger partial charge is 0.379 e. The van der Waals surface area contributed by atoms with Crippen LogP contribution in [0.3, 0.4) is 0 Å². The molecule has 2 rings (SSSR count). The van der Waals surface area contributed by atoms with Crippen molar-refractivity contribution in [2.45, 2.75) is 17.5 Å². The van der Waals surface area contributed by atoms with Crippen molar-refractivity contribution in [1.29, 1.82) is 0 Å². The average molecular weight is 313 g/mol. The zero-order valence-corrected chi connectivity index (χ0v) is 12.5. The molecule has 1 aliphatic rings. The van der Waals surface area contributed by atoms with Gasteiger partial charge in [0.05, 0.1) is 24.0 Å². The molecule has 1 amide bonds. The normalized spacial score (nSPS) is 22.2. The Labute approximate surface area is 123 Å². The minimum absolute atomic E-state index is 0.0229. The summed E-state index contributed by atoms with van der Waals surface area (Å²) in [7, 11) is -1.89. The highest BCUT2D eigenvalue weighted by Gasteiger charge is 2.32. The van der Waals surface area contributed by atoms with Gasteiger partial charge in [0.15, 0.2) is 0 Å². The highest BCUT2D eigenvalue weighted by atomic mass is 32.2. The van der Waals surface area contributed by atoms with E-state index in [0.717, 1.165) is 5.56 Å². The Kier molecular flexibility index (Phi) is 4.94. The first-order valence-electron chi connectivity index (χ1n) is 6.56. The summed E-state index contributed by atoms with van der Waals surface area (Å²) >= 11 is 0. The minimum Gasteiger partial charge on any atom is -0.379 e. The first kappa shape index (κ1) is 15.9. The molecule has 0 aromatic heterocycles. The van der Waals surface area contributed by atoms with Crippen molar-refractivity contribution in [2.24, 2.45) is 11.1 Å². The van der Waals surface area contributed by atoms with E-state index < -0.39 is 10.0 Å². The summed E-state index contributed by atoms with van der Waals surface area (Å²) in [5.41, 5.74) is 0.802. The van der Waals surface area contributed by atoms with Crippen LogP contribution in [0.25, 0.3) is 0 Å². The number of carbonyl (C=O) groups excluding carboxylic acids is 1. The van der Waals surface area contributed by atoms with E-state index in [2.05, 4.69) is 10.6 Å². The zero-order valence-electron chi connectivity index (χ0n) is 11.7. The van der Waals surface area contributed by atoms with Gasteiger partial charge in [-0.25, -0.2) is 13.6 Å². The third kappa shape index (κ3) is 4.01. The molecule has 0 bridgehead atoms. The number of sulfonamides is 1. The number of rotatable bonds is 5. The van der Waals surface area contributed by atoms with E-state index in [-0.39, 0.29) is 22.8 Å². The maximum atomic E-state index is 12.1. The van der Waals surface area contributed by atoms with Crippen molar-refractivity contribution in [2.75, 3.05) is 20.3 Å². The second-order valence-corrected chi connectivity index (χ2v) is 6.51. The van der Waals surface area contributed by atoms with E-state index in [9.17, 15) is 13.2 Å². The molecule has 1 aromatic carbocycles. The van der Waals surface area contributed by atoms with E-state index in [4.69, 9.17) is 9.88 Å². The molecule has 0 radical (unpaired) electrons. The lowest BCUT2D eigenvalue weighted by Gasteiger charge is -2.16.